The second-order valence-corrected chi connectivity index (χ2v) is 11.1. The highest BCUT2D eigenvalue weighted by molar-refractivity contribution is 7.14. The second-order valence-electron chi connectivity index (χ2n) is 10.2. The van der Waals surface area contributed by atoms with Crippen molar-refractivity contribution >= 4 is 28.3 Å². The summed E-state index contributed by atoms with van der Waals surface area (Å²) in [5.74, 6) is 0.355. The number of hydrogen-bond acceptors (Lipinski definition) is 4. The first-order valence-electron chi connectivity index (χ1n) is 13.6. The van der Waals surface area contributed by atoms with Crippen LogP contribution < -0.4 is 5.01 Å². The number of allylic oxidation sites excluding steroid dienone is 1. The lowest BCUT2D eigenvalue weighted by Crippen LogP contribution is -2.28. The fraction of sp³-hybridized carbons (Fsp3) is 0.143. The summed E-state index contributed by atoms with van der Waals surface area (Å²) in [7, 11) is 0. The lowest BCUT2D eigenvalue weighted by Gasteiger charge is -2.29. The van der Waals surface area contributed by atoms with Crippen molar-refractivity contribution in [3.8, 4) is 22.4 Å². The topological polar surface area (TPSA) is 28.5 Å². The van der Waals surface area contributed by atoms with Crippen LogP contribution in [0, 0.1) is 5.92 Å². The van der Waals surface area contributed by atoms with Gasteiger partial charge in [-0.1, -0.05) is 115 Å². The highest BCUT2D eigenvalue weighted by atomic mass is 32.1. The van der Waals surface area contributed by atoms with Crippen LogP contribution in [0.5, 0.6) is 0 Å². The van der Waals surface area contributed by atoms with Crippen LogP contribution in [0.3, 0.4) is 0 Å². The molecule has 0 spiro atoms. The Hall–Kier alpha value is -4.28. The van der Waals surface area contributed by atoms with Crippen LogP contribution in [-0.4, -0.2) is 10.7 Å². The van der Waals surface area contributed by atoms with Gasteiger partial charge in [0.1, 0.15) is 0 Å². The maximum atomic E-state index is 5.31. The summed E-state index contributed by atoms with van der Waals surface area (Å²) in [4.78, 5) is 5.13. The molecular formula is C35H29N3S. The fourth-order valence-electron chi connectivity index (χ4n) is 5.86. The molecule has 0 bridgehead atoms. The largest absolute Gasteiger partial charge is 0.231 e. The first-order chi connectivity index (χ1) is 19.3. The van der Waals surface area contributed by atoms with Crippen molar-refractivity contribution in [1.82, 2.24) is 4.98 Å². The molecule has 0 unspecified atom stereocenters. The van der Waals surface area contributed by atoms with E-state index in [2.05, 4.69) is 132 Å². The number of nitrogens with zero attached hydrogens (tertiary/aromatic N) is 3. The quantitative estimate of drug-likeness (QED) is 0.230. The smallest absolute Gasteiger partial charge is 0.207 e. The number of thiazole rings is 1. The Morgan fingerprint density at radius 2 is 1.36 bits per heavy atom. The number of fused-ring (bicyclic) bond motifs is 1. The minimum atomic E-state index is 0.153. The summed E-state index contributed by atoms with van der Waals surface area (Å²) < 4.78 is 0. The van der Waals surface area contributed by atoms with E-state index in [1.807, 2.05) is 0 Å². The Morgan fingerprint density at radius 3 is 2.10 bits per heavy atom. The van der Waals surface area contributed by atoms with Crippen LogP contribution >= 0.6 is 11.3 Å². The van der Waals surface area contributed by atoms with Crippen LogP contribution in [0.4, 0.5) is 5.13 Å². The van der Waals surface area contributed by atoms with E-state index in [0.29, 0.717) is 5.92 Å². The molecular weight excluding hydrogens is 494 g/mol. The van der Waals surface area contributed by atoms with E-state index in [0.717, 1.165) is 29.2 Å². The molecule has 1 fully saturated rings. The molecule has 4 aromatic carbocycles. The van der Waals surface area contributed by atoms with Crippen LogP contribution in [0.15, 0.2) is 131 Å². The lowest BCUT2D eigenvalue weighted by atomic mass is 9.77. The number of hydrazone groups is 1. The van der Waals surface area contributed by atoms with Crippen LogP contribution in [0.1, 0.15) is 36.4 Å². The van der Waals surface area contributed by atoms with Gasteiger partial charge in [0.15, 0.2) is 0 Å². The number of anilines is 1. The van der Waals surface area contributed by atoms with Gasteiger partial charge in [0.2, 0.25) is 5.13 Å². The van der Waals surface area contributed by atoms with Crippen molar-refractivity contribution in [3.05, 3.63) is 137 Å². The molecule has 3 nitrogen and oxygen atoms in total. The van der Waals surface area contributed by atoms with Gasteiger partial charge in [-0.2, -0.15) is 5.10 Å². The number of aromatic nitrogens is 1. The Balaban J connectivity index is 1.24. The Morgan fingerprint density at radius 1 is 0.718 bits per heavy atom. The molecule has 2 heterocycles. The maximum absolute atomic E-state index is 5.31. The summed E-state index contributed by atoms with van der Waals surface area (Å²) in [6, 6.07) is 40.8. The van der Waals surface area contributed by atoms with Gasteiger partial charge in [-0.05, 0) is 53.2 Å². The molecule has 0 amide bonds. The molecule has 39 heavy (non-hydrogen) atoms. The first-order valence-corrected chi connectivity index (χ1v) is 14.5. The summed E-state index contributed by atoms with van der Waals surface area (Å²) >= 11 is 1.68. The average molecular weight is 524 g/mol. The highest BCUT2D eigenvalue weighted by Gasteiger charge is 2.42. The van der Waals surface area contributed by atoms with Crippen molar-refractivity contribution < 1.29 is 0 Å². The summed E-state index contributed by atoms with van der Waals surface area (Å²) in [5, 5.41) is 10.6. The van der Waals surface area contributed by atoms with E-state index in [9.17, 15) is 0 Å². The third-order valence-corrected chi connectivity index (χ3v) is 8.59. The third-order valence-electron chi connectivity index (χ3n) is 7.76. The zero-order valence-electron chi connectivity index (χ0n) is 21.7. The van der Waals surface area contributed by atoms with Gasteiger partial charge in [0, 0.05) is 16.9 Å². The lowest BCUT2D eigenvalue weighted by molar-refractivity contribution is 0.487. The fourth-order valence-corrected chi connectivity index (χ4v) is 6.68. The molecule has 1 aromatic heterocycles. The van der Waals surface area contributed by atoms with E-state index in [-0.39, 0.29) is 6.04 Å². The minimum Gasteiger partial charge on any atom is -0.231 e. The van der Waals surface area contributed by atoms with Crippen molar-refractivity contribution in [2.75, 3.05) is 5.01 Å². The minimum absolute atomic E-state index is 0.153. The molecule has 2 aliphatic rings. The SMILES string of the molecule is C(=C1/CCC[C@H]2C1=NN(c1nc(-c3ccc(-c4ccccc4)cc3)cs1)[C@H]2c1ccccc1)/c1ccccc1. The first kappa shape index (κ1) is 23.8. The van der Waals surface area contributed by atoms with Crippen molar-refractivity contribution in [2.45, 2.75) is 25.3 Å². The van der Waals surface area contributed by atoms with E-state index < -0.39 is 0 Å². The zero-order chi connectivity index (χ0) is 26.0. The molecule has 190 valence electrons. The van der Waals surface area contributed by atoms with Gasteiger partial charge >= 0.3 is 0 Å². The average Bonchev–Trinajstić information content (AvgIpc) is 3.65. The zero-order valence-corrected chi connectivity index (χ0v) is 22.5. The standard InChI is InChI=1S/C35H29N3S/c1-4-11-25(12-5-1)23-30-17-10-18-31-33(30)37-38(34(31)29-15-8-3-9-16-29)35-36-32(24-39-35)28-21-19-27(20-22-28)26-13-6-2-7-14-26/h1-9,11-16,19-24,31,34H,10,17-18H2/b30-23+/t31-,34-/m0/s1. The van der Waals surface area contributed by atoms with Gasteiger partial charge in [-0.15, -0.1) is 11.3 Å². The Labute approximate surface area is 233 Å². The maximum Gasteiger partial charge on any atom is 0.207 e. The van der Waals surface area contributed by atoms with E-state index in [1.165, 1.54) is 40.0 Å². The van der Waals surface area contributed by atoms with Gasteiger partial charge in [0.05, 0.1) is 17.4 Å². The molecule has 5 aromatic rings. The van der Waals surface area contributed by atoms with E-state index >= 15 is 0 Å². The van der Waals surface area contributed by atoms with Crippen LogP contribution in [0.25, 0.3) is 28.5 Å². The predicted molar refractivity (Wildman–Crippen MR) is 164 cm³/mol. The van der Waals surface area contributed by atoms with Gasteiger partial charge in [-0.25, -0.2) is 9.99 Å². The molecule has 2 atom stereocenters. The number of hydrogen-bond donors (Lipinski definition) is 0. The van der Waals surface area contributed by atoms with Crippen molar-refractivity contribution in [2.24, 2.45) is 11.0 Å². The number of benzene rings is 4. The molecule has 1 saturated carbocycles. The third kappa shape index (κ3) is 4.73. The molecule has 7 rings (SSSR count). The van der Waals surface area contributed by atoms with Gasteiger partial charge in [0.25, 0.3) is 0 Å². The number of rotatable bonds is 5. The highest BCUT2D eigenvalue weighted by Crippen LogP contribution is 2.47. The second kappa shape index (κ2) is 10.5. The Bertz CT molecular complexity index is 1620. The summed E-state index contributed by atoms with van der Waals surface area (Å²) in [6.07, 6.45) is 5.71. The van der Waals surface area contributed by atoms with Crippen molar-refractivity contribution in [1.29, 1.82) is 0 Å². The molecule has 0 saturated heterocycles. The molecule has 0 radical (unpaired) electrons. The predicted octanol–water partition coefficient (Wildman–Crippen LogP) is 9.28. The molecule has 4 heteroatoms. The van der Waals surface area contributed by atoms with Crippen molar-refractivity contribution in [3.63, 3.8) is 0 Å². The van der Waals surface area contributed by atoms with Crippen LogP contribution in [0.2, 0.25) is 0 Å². The molecule has 1 aliphatic carbocycles. The van der Waals surface area contributed by atoms with Crippen LogP contribution in [-0.2, 0) is 0 Å². The van der Waals surface area contributed by atoms with Gasteiger partial charge in [-0.3, -0.25) is 0 Å². The Kier molecular flexibility index (Phi) is 6.39. The summed E-state index contributed by atoms with van der Waals surface area (Å²) in [5.41, 5.74) is 9.68. The molecule has 0 N–H and O–H groups in total. The normalized spacial score (nSPS) is 19.6. The van der Waals surface area contributed by atoms with Gasteiger partial charge < -0.3 is 0 Å². The summed E-state index contributed by atoms with van der Waals surface area (Å²) in [6.45, 7) is 0. The van der Waals surface area contributed by atoms with E-state index in [4.69, 9.17) is 10.1 Å². The monoisotopic (exact) mass is 523 g/mol. The molecule has 1 aliphatic heterocycles. The van der Waals surface area contributed by atoms with E-state index in [1.54, 1.807) is 11.3 Å².